The van der Waals surface area contributed by atoms with E-state index in [1.54, 1.807) is 0 Å². The van der Waals surface area contributed by atoms with Crippen LogP contribution in [0, 0.1) is 6.92 Å². The molecule has 0 radical (unpaired) electrons. The molecule has 98 valence electrons. The third kappa shape index (κ3) is 8.28. The van der Waals surface area contributed by atoms with Crippen molar-refractivity contribution in [1.29, 1.82) is 0 Å². The van der Waals surface area contributed by atoms with Crippen LogP contribution in [0.1, 0.15) is 38.8 Å². The van der Waals surface area contributed by atoms with Gasteiger partial charge in [0.05, 0.1) is 0 Å². The Labute approximate surface area is 105 Å². The smallest absolute Gasteiger partial charge is 0.140 e. The topological polar surface area (TPSA) is 76.4 Å². The van der Waals surface area contributed by atoms with Crippen LogP contribution in [0.4, 0.5) is 0 Å². The molecule has 0 aliphatic heterocycles. The zero-order valence-corrected chi connectivity index (χ0v) is 11.6. The fraction of sp³-hybridized carbons (Fsp3) is 0.462. The molecular weight excluding hydrogens is 212 g/mol. The van der Waals surface area contributed by atoms with Crippen LogP contribution in [0.15, 0.2) is 29.4 Å². The Morgan fingerprint density at radius 2 is 1.59 bits per heavy atom. The molecule has 0 heterocycles. The number of nitrogens with one attached hydrogen (secondary N) is 1. The van der Waals surface area contributed by atoms with Gasteiger partial charge in [0.2, 0.25) is 0 Å². The second-order valence-corrected chi connectivity index (χ2v) is 2.88. The van der Waals surface area contributed by atoms with E-state index in [1.807, 2.05) is 58.9 Å². The summed E-state index contributed by atoms with van der Waals surface area (Å²) in [7, 11) is 0. The molecular formula is C13H26N4. The van der Waals surface area contributed by atoms with Crippen molar-refractivity contribution in [3.8, 4) is 0 Å². The van der Waals surface area contributed by atoms with Crippen molar-refractivity contribution in [2.45, 2.75) is 41.0 Å². The SMILES string of the molecule is CC.CC.Cc1ccc(C/C(=N/N)NN)cc1. The summed E-state index contributed by atoms with van der Waals surface area (Å²) in [6.07, 6.45) is 0.632. The van der Waals surface area contributed by atoms with Gasteiger partial charge in [0, 0.05) is 6.42 Å². The van der Waals surface area contributed by atoms with Gasteiger partial charge in [0.25, 0.3) is 0 Å². The Morgan fingerprint density at radius 1 is 1.12 bits per heavy atom. The van der Waals surface area contributed by atoms with Crippen LogP contribution >= 0.6 is 0 Å². The predicted molar refractivity (Wildman–Crippen MR) is 76.5 cm³/mol. The summed E-state index contributed by atoms with van der Waals surface area (Å²) >= 11 is 0. The number of rotatable bonds is 2. The van der Waals surface area contributed by atoms with Crippen LogP contribution in [-0.4, -0.2) is 5.84 Å². The summed E-state index contributed by atoms with van der Waals surface area (Å²) in [4.78, 5) is 0. The lowest BCUT2D eigenvalue weighted by molar-refractivity contribution is 0.967. The molecule has 0 spiro atoms. The van der Waals surface area contributed by atoms with E-state index in [-0.39, 0.29) is 0 Å². The van der Waals surface area contributed by atoms with Gasteiger partial charge in [-0.1, -0.05) is 57.5 Å². The second kappa shape index (κ2) is 12.5. The highest BCUT2D eigenvalue weighted by molar-refractivity contribution is 5.83. The summed E-state index contributed by atoms with van der Waals surface area (Å²) in [5, 5.41) is 3.50. The number of hydrogen-bond acceptors (Lipinski definition) is 3. The van der Waals surface area contributed by atoms with Gasteiger partial charge in [-0.2, -0.15) is 5.10 Å². The molecule has 0 aliphatic rings. The van der Waals surface area contributed by atoms with Crippen molar-refractivity contribution in [2.24, 2.45) is 16.8 Å². The molecule has 0 bridgehead atoms. The largest absolute Gasteiger partial charge is 0.322 e. The highest BCUT2D eigenvalue weighted by Gasteiger charge is 1.97. The molecule has 0 unspecified atom stereocenters. The molecule has 1 rings (SSSR count). The molecule has 0 saturated carbocycles. The van der Waals surface area contributed by atoms with Gasteiger partial charge in [0.1, 0.15) is 5.84 Å². The Bertz CT molecular complexity index is 291. The summed E-state index contributed by atoms with van der Waals surface area (Å²) in [5.74, 6) is 10.9. The molecule has 0 saturated heterocycles. The summed E-state index contributed by atoms with van der Waals surface area (Å²) in [6.45, 7) is 10.0. The summed E-state index contributed by atoms with van der Waals surface area (Å²) in [6, 6.07) is 8.13. The number of benzene rings is 1. The van der Waals surface area contributed by atoms with E-state index < -0.39 is 0 Å². The molecule has 5 N–H and O–H groups in total. The Balaban J connectivity index is 0. The lowest BCUT2D eigenvalue weighted by Gasteiger charge is -2.03. The molecule has 0 amide bonds. The Kier molecular flexibility index (Phi) is 13.1. The number of hydrogen-bond donors (Lipinski definition) is 3. The van der Waals surface area contributed by atoms with Crippen molar-refractivity contribution in [1.82, 2.24) is 5.43 Å². The van der Waals surface area contributed by atoms with Crippen LogP contribution in [0.25, 0.3) is 0 Å². The van der Waals surface area contributed by atoms with Crippen LogP contribution in [0.3, 0.4) is 0 Å². The minimum absolute atomic E-state index is 0.573. The molecule has 4 heteroatoms. The first-order valence-electron chi connectivity index (χ1n) is 6.05. The number of hydrazone groups is 1. The average molecular weight is 238 g/mol. The van der Waals surface area contributed by atoms with Gasteiger partial charge in [0.15, 0.2) is 0 Å². The fourth-order valence-corrected chi connectivity index (χ4v) is 1.03. The van der Waals surface area contributed by atoms with Crippen LogP contribution < -0.4 is 17.1 Å². The first-order valence-corrected chi connectivity index (χ1v) is 6.05. The molecule has 1 aromatic rings. The van der Waals surface area contributed by atoms with Crippen molar-refractivity contribution in [2.75, 3.05) is 0 Å². The Morgan fingerprint density at radius 3 is 1.94 bits per heavy atom. The second-order valence-electron chi connectivity index (χ2n) is 2.88. The highest BCUT2D eigenvalue weighted by Crippen LogP contribution is 2.03. The minimum atomic E-state index is 0.573. The summed E-state index contributed by atoms with van der Waals surface area (Å²) < 4.78 is 0. The number of hydrazine groups is 1. The minimum Gasteiger partial charge on any atom is -0.322 e. The van der Waals surface area contributed by atoms with E-state index in [4.69, 9.17) is 11.7 Å². The third-order valence-electron chi connectivity index (χ3n) is 1.81. The molecule has 0 aromatic heterocycles. The van der Waals surface area contributed by atoms with Gasteiger partial charge in [-0.3, -0.25) is 0 Å². The predicted octanol–water partition coefficient (Wildman–Crippen LogP) is 2.33. The van der Waals surface area contributed by atoms with Crippen molar-refractivity contribution in [3.63, 3.8) is 0 Å². The standard InChI is InChI=1S/C9H14N4.2C2H6/c1-7-2-4-8(5-3-7)6-9(12-10)13-11;2*1-2/h2-5H,6,10-11H2,1H3,(H,12,13);2*1-2H3. The number of nitrogens with zero attached hydrogens (tertiary/aromatic N) is 1. The molecule has 1 aromatic carbocycles. The van der Waals surface area contributed by atoms with Crippen LogP contribution in [0.5, 0.6) is 0 Å². The fourth-order valence-electron chi connectivity index (χ4n) is 1.03. The van der Waals surface area contributed by atoms with E-state index in [2.05, 4.69) is 10.5 Å². The van der Waals surface area contributed by atoms with E-state index in [1.165, 1.54) is 5.56 Å². The van der Waals surface area contributed by atoms with E-state index in [9.17, 15) is 0 Å². The van der Waals surface area contributed by atoms with Crippen molar-refractivity contribution in [3.05, 3.63) is 35.4 Å². The van der Waals surface area contributed by atoms with Crippen molar-refractivity contribution < 1.29 is 0 Å². The molecule has 0 aliphatic carbocycles. The van der Waals surface area contributed by atoms with E-state index >= 15 is 0 Å². The van der Waals surface area contributed by atoms with Crippen LogP contribution in [-0.2, 0) is 6.42 Å². The highest BCUT2D eigenvalue weighted by atomic mass is 15.3. The normalized spacial score (nSPS) is 9.41. The average Bonchev–Trinajstić information content (AvgIpc) is 2.42. The molecule has 0 fully saturated rings. The van der Waals surface area contributed by atoms with E-state index in [0.717, 1.165) is 5.56 Å². The van der Waals surface area contributed by atoms with Gasteiger partial charge in [-0.15, -0.1) is 0 Å². The van der Waals surface area contributed by atoms with Gasteiger partial charge < -0.3 is 11.3 Å². The number of aryl methyl sites for hydroxylation is 1. The maximum absolute atomic E-state index is 5.20. The first-order chi connectivity index (χ1) is 8.26. The summed E-state index contributed by atoms with van der Waals surface area (Å²) in [5.41, 5.74) is 4.80. The maximum Gasteiger partial charge on any atom is 0.140 e. The van der Waals surface area contributed by atoms with Gasteiger partial charge in [-0.05, 0) is 12.5 Å². The van der Waals surface area contributed by atoms with Crippen molar-refractivity contribution >= 4 is 5.84 Å². The molecule has 0 atom stereocenters. The quantitative estimate of drug-likeness (QED) is 0.320. The monoisotopic (exact) mass is 238 g/mol. The molecule has 17 heavy (non-hydrogen) atoms. The lowest BCUT2D eigenvalue weighted by atomic mass is 10.1. The Hall–Kier alpha value is -1.55. The molecule has 4 nitrogen and oxygen atoms in total. The lowest BCUT2D eigenvalue weighted by Crippen LogP contribution is -2.32. The van der Waals surface area contributed by atoms with E-state index in [0.29, 0.717) is 12.3 Å². The first kappa shape index (κ1) is 17.8. The number of amidine groups is 1. The maximum atomic E-state index is 5.20. The van der Waals surface area contributed by atoms with Gasteiger partial charge >= 0.3 is 0 Å². The van der Waals surface area contributed by atoms with Crippen LogP contribution in [0.2, 0.25) is 0 Å². The van der Waals surface area contributed by atoms with Gasteiger partial charge in [-0.25, -0.2) is 5.84 Å². The zero-order chi connectivity index (χ0) is 13.7. The third-order valence-corrected chi connectivity index (χ3v) is 1.81. The zero-order valence-electron chi connectivity index (χ0n) is 11.6. The number of nitrogens with two attached hydrogens (primary N) is 2.